The molecule has 0 amide bonds. The summed E-state index contributed by atoms with van der Waals surface area (Å²) in [4.78, 5) is 4.57. The highest BCUT2D eigenvalue weighted by Gasteiger charge is 2.31. The third-order valence-corrected chi connectivity index (χ3v) is 6.86. The molecule has 0 saturated carbocycles. The monoisotopic (exact) mass is 288 g/mol. The summed E-state index contributed by atoms with van der Waals surface area (Å²) in [5.74, 6) is 1.11. The van der Waals surface area contributed by atoms with E-state index < -0.39 is 10.0 Å². The third-order valence-electron chi connectivity index (χ3n) is 3.82. The first-order chi connectivity index (χ1) is 9.64. The van der Waals surface area contributed by atoms with Crippen LogP contribution in [-0.2, 0) is 13.0 Å². The Morgan fingerprint density at radius 3 is 2.70 bits per heavy atom. The third kappa shape index (κ3) is 2.19. The first-order valence-corrected chi connectivity index (χ1v) is 9.07. The second-order valence-corrected chi connectivity index (χ2v) is 8.71. The standard InChI is InChI=1S/C16H20N2OS/c1-13-12-20(2,9-8-14-6-4-3-5-7-14)16-17-10-15(11-19)18(13)16/h3-7,10,12,19H,8-9,11H2,1-2H3. The van der Waals surface area contributed by atoms with Crippen LogP contribution in [0.4, 0.5) is 0 Å². The van der Waals surface area contributed by atoms with Crippen molar-refractivity contribution in [1.29, 1.82) is 0 Å². The second-order valence-electron chi connectivity index (χ2n) is 5.38. The summed E-state index contributed by atoms with van der Waals surface area (Å²) < 4.78 is 2.13. The van der Waals surface area contributed by atoms with E-state index >= 15 is 0 Å². The number of imidazole rings is 1. The van der Waals surface area contributed by atoms with Gasteiger partial charge in [-0.15, -0.1) is 0 Å². The van der Waals surface area contributed by atoms with E-state index in [-0.39, 0.29) is 6.61 Å². The Hall–Kier alpha value is -1.52. The van der Waals surface area contributed by atoms with Crippen molar-refractivity contribution in [2.45, 2.75) is 25.1 Å². The van der Waals surface area contributed by atoms with Gasteiger partial charge in [-0.2, -0.15) is 10.0 Å². The molecule has 1 unspecified atom stereocenters. The van der Waals surface area contributed by atoms with Gasteiger partial charge in [0.2, 0.25) is 0 Å². The number of allylic oxidation sites excluding steroid dienone is 1. The van der Waals surface area contributed by atoms with Crippen LogP contribution in [0.15, 0.2) is 47.1 Å². The first-order valence-electron chi connectivity index (χ1n) is 6.80. The van der Waals surface area contributed by atoms with Crippen LogP contribution in [0.5, 0.6) is 0 Å². The summed E-state index contributed by atoms with van der Waals surface area (Å²) >= 11 is 0. The topological polar surface area (TPSA) is 38.1 Å². The van der Waals surface area contributed by atoms with E-state index in [1.165, 1.54) is 11.3 Å². The predicted octanol–water partition coefficient (Wildman–Crippen LogP) is 3.24. The van der Waals surface area contributed by atoms with Crippen molar-refractivity contribution in [3.05, 3.63) is 53.2 Å². The number of rotatable bonds is 4. The molecule has 0 radical (unpaired) electrons. The summed E-state index contributed by atoms with van der Waals surface area (Å²) in [5.41, 5.74) is 3.47. The average Bonchev–Trinajstić information content (AvgIpc) is 3.00. The number of hydrogen-bond acceptors (Lipinski definition) is 2. The molecule has 1 aromatic carbocycles. The van der Waals surface area contributed by atoms with Gasteiger partial charge in [-0.1, -0.05) is 30.3 Å². The first kappa shape index (κ1) is 13.5. The highest BCUT2D eigenvalue weighted by Crippen LogP contribution is 2.59. The number of aryl methyl sites for hydroxylation is 1. The maximum absolute atomic E-state index is 9.41. The number of benzene rings is 1. The molecular formula is C16H20N2OS. The van der Waals surface area contributed by atoms with Crippen LogP contribution < -0.4 is 0 Å². The zero-order valence-electron chi connectivity index (χ0n) is 11.9. The minimum absolute atomic E-state index is 0.0480. The SMILES string of the molecule is CC1=CS(C)(CCc2ccccc2)c2ncc(CO)n21. The van der Waals surface area contributed by atoms with Crippen LogP contribution in [-0.4, -0.2) is 26.7 Å². The molecule has 0 bridgehead atoms. The molecule has 3 rings (SSSR count). The van der Waals surface area contributed by atoms with Gasteiger partial charge >= 0.3 is 0 Å². The molecule has 106 valence electrons. The molecule has 1 aliphatic heterocycles. The van der Waals surface area contributed by atoms with E-state index in [0.29, 0.717) is 0 Å². The van der Waals surface area contributed by atoms with Crippen molar-refractivity contribution in [3.63, 3.8) is 0 Å². The van der Waals surface area contributed by atoms with Crippen LogP contribution in [0.3, 0.4) is 0 Å². The lowest BCUT2D eigenvalue weighted by Crippen LogP contribution is -2.05. The predicted molar refractivity (Wildman–Crippen MR) is 84.9 cm³/mol. The van der Waals surface area contributed by atoms with Crippen LogP contribution >= 0.6 is 10.0 Å². The number of fused-ring (bicyclic) bond motifs is 1. The summed E-state index contributed by atoms with van der Waals surface area (Å²) in [6.07, 6.45) is 5.18. The summed E-state index contributed by atoms with van der Waals surface area (Å²) in [5, 5.41) is 12.9. The van der Waals surface area contributed by atoms with Gasteiger partial charge in [-0.25, -0.2) is 4.98 Å². The largest absolute Gasteiger partial charge is 0.390 e. The average molecular weight is 288 g/mol. The Morgan fingerprint density at radius 2 is 2.00 bits per heavy atom. The van der Waals surface area contributed by atoms with Gasteiger partial charge in [-0.3, -0.25) is 4.57 Å². The van der Waals surface area contributed by atoms with E-state index in [9.17, 15) is 5.11 Å². The van der Waals surface area contributed by atoms with E-state index in [2.05, 4.69) is 58.5 Å². The maximum atomic E-state index is 9.41. The van der Waals surface area contributed by atoms with Crippen molar-refractivity contribution < 1.29 is 5.11 Å². The maximum Gasteiger partial charge on any atom is 0.158 e. The molecule has 0 spiro atoms. The van der Waals surface area contributed by atoms with Gasteiger partial charge in [0, 0.05) is 5.70 Å². The van der Waals surface area contributed by atoms with Crippen LogP contribution in [0.25, 0.3) is 5.70 Å². The Bertz CT molecular complexity index is 648. The van der Waals surface area contributed by atoms with Gasteiger partial charge in [0.25, 0.3) is 0 Å². The smallest absolute Gasteiger partial charge is 0.158 e. The molecule has 3 nitrogen and oxygen atoms in total. The number of aliphatic hydroxyl groups excluding tert-OH is 1. The number of nitrogens with zero attached hydrogens (tertiary/aromatic N) is 2. The number of aromatic nitrogens is 2. The quantitative estimate of drug-likeness (QED) is 0.938. The van der Waals surface area contributed by atoms with Crippen molar-refractivity contribution in [3.8, 4) is 0 Å². The number of aliphatic hydroxyl groups is 1. The highest BCUT2D eigenvalue weighted by molar-refractivity contribution is 8.35. The lowest BCUT2D eigenvalue weighted by atomic mass is 10.2. The van der Waals surface area contributed by atoms with Gasteiger partial charge in [0.15, 0.2) is 5.16 Å². The fourth-order valence-corrected chi connectivity index (χ4v) is 5.69. The van der Waals surface area contributed by atoms with Crippen LogP contribution in [0.2, 0.25) is 0 Å². The summed E-state index contributed by atoms with van der Waals surface area (Å²) in [7, 11) is -1.02. The molecule has 2 aromatic rings. The van der Waals surface area contributed by atoms with Crippen molar-refractivity contribution in [1.82, 2.24) is 9.55 Å². The van der Waals surface area contributed by atoms with E-state index in [1.54, 1.807) is 6.20 Å². The lowest BCUT2D eigenvalue weighted by Gasteiger charge is -2.27. The molecule has 1 atom stereocenters. The van der Waals surface area contributed by atoms with Gasteiger partial charge in [0.1, 0.15) is 0 Å². The minimum Gasteiger partial charge on any atom is -0.390 e. The Kier molecular flexibility index (Phi) is 3.44. The molecule has 20 heavy (non-hydrogen) atoms. The lowest BCUT2D eigenvalue weighted by molar-refractivity contribution is 0.274. The fourth-order valence-electron chi connectivity index (χ4n) is 2.79. The minimum atomic E-state index is -1.02. The summed E-state index contributed by atoms with van der Waals surface area (Å²) in [6, 6.07) is 10.6. The zero-order chi connectivity index (χ0) is 14.2. The Labute approximate surface area is 121 Å². The molecule has 2 heterocycles. The Morgan fingerprint density at radius 1 is 1.25 bits per heavy atom. The highest BCUT2D eigenvalue weighted by atomic mass is 32.3. The summed E-state index contributed by atoms with van der Waals surface area (Å²) in [6.45, 7) is 2.15. The molecule has 0 fully saturated rings. The van der Waals surface area contributed by atoms with Crippen molar-refractivity contribution >= 4 is 15.7 Å². The van der Waals surface area contributed by atoms with Gasteiger partial charge < -0.3 is 5.11 Å². The van der Waals surface area contributed by atoms with Crippen molar-refractivity contribution in [2.75, 3.05) is 12.0 Å². The molecule has 0 saturated heterocycles. The molecular weight excluding hydrogens is 268 g/mol. The van der Waals surface area contributed by atoms with E-state index in [4.69, 9.17) is 0 Å². The van der Waals surface area contributed by atoms with Crippen LogP contribution in [0.1, 0.15) is 18.2 Å². The van der Waals surface area contributed by atoms with Crippen LogP contribution in [0, 0.1) is 0 Å². The molecule has 4 heteroatoms. The second kappa shape index (κ2) is 5.11. The molecule has 1 aromatic heterocycles. The van der Waals surface area contributed by atoms with Gasteiger partial charge in [-0.05, 0) is 36.3 Å². The molecule has 1 aliphatic rings. The number of hydrogen-bond donors (Lipinski definition) is 1. The normalized spacial score (nSPS) is 24.1. The van der Waals surface area contributed by atoms with E-state index in [0.717, 1.165) is 23.0 Å². The molecule has 0 aliphatic carbocycles. The fraction of sp³-hybridized carbons (Fsp3) is 0.312. The molecule has 1 N–H and O–H groups in total. The Balaban J connectivity index is 1.86. The van der Waals surface area contributed by atoms with E-state index in [1.807, 2.05) is 0 Å². The van der Waals surface area contributed by atoms with Crippen molar-refractivity contribution in [2.24, 2.45) is 0 Å². The zero-order valence-corrected chi connectivity index (χ0v) is 12.7. The van der Waals surface area contributed by atoms with Gasteiger partial charge in [0.05, 0.1) is 18.5 Å².